The number of piperidine rings is 1. The van der Waals surface area contributed by atoms with Crippen molar-refractivity contribution in [2.75, 3.05) is 44.7 Å². The average Bonchev–Trinajstić information content (AvgIpc) is 2.72. The first-order valence-electron chi connectivity index (χ1n) is 9.20. The highest BCUT2D eigenvalue weighted by atomic mass is 35.5. The van der Waals surface area contributed by atoms with Crippen molar-refractivity contribution >= 4 is 17.3 Å². The Labute approximate surface area is 146 Å². The van der Waals surface area contributed by atoms with Crippen LogP contribution in [0.3, 0.4) is 0 Å². The van der Waals surface area contributed by atoms with Crippen LogP contribution in [-0.4, -0.2) is 44.7 Å². The van der Waals surface area contributed by atoms with Crippen molar-refractivity contribution < 1.29 is 0 Å². The lowest BCUT2D eigenvalue weighted by Gasteiger charge is -2.27. The van der Waals surface area contributed by atoms with E-state index in [1.54, 1.807) is 0 Å². The van der Waals surface area contributed by atoms with E-state index in [0.717, 1.165) is 18.1 Å². The average molecular weight is 336 g/mol. The minimum absolute atomic E-state index is 0.440. The molecule has 2 aliphatic heterocycles. The molecule has 1 aromatic carbocycles. The maximum absolute atomic E-state index is 6.25. The summed E-state index contributed by atoms with van der Waals surface area (Å²) in [6, 6.07) is 6.78. The zero-order valence-corrected chi connectivity index (χ0v) is 15.1. The lowest BCUT2D eigenvalue weighted by Crippen LogP contribution is -2.32. The minimum atomic E-state index is 0.440. The van der Waals surface area contributed by atoms with Crippen molar-refractivity contribution in [2.24, 2.45) is 0 Å². The molecule has 1 unspecified atom stereocenters. The predicted octanol–water partition coefficient (Wildman–Crippen LogP) is 4.08. The summed E-state index contributed by atoms with van der Waals surface area (Å²) in [7, 11) is 2.19. The number of nitrogens with one attached hydrogen (secondary N) is 1. The maximum Gasteiger partial charge on any atom is 0.0413 e. The topological polar surface area (TPSA) is 18.5 Å². The van der Waals surface area contributed by atoms with Crippen molar-refractivity contribution in [3.8, 4) is 0 Å². The zero-order valence-electron chi connectivity index (χ0n) is 14.4. The molecule has 1 fully saturated rings. The first-order chi connectivity index (χ1) is 11.2. The third-order valence-corrected chi connectivity index (χ3v) is 5.49. The fraction of sp³-hybridized carbons (Fsp3) is 0.684. The van der Waals surface area contributed by atoms with Crippen molar-refractivity contribution in [1.82, 2.24) is 10.2 Å². The molecule has 0 aromatic heterocycles. The Morgan fingerprint density at radius 2 is 1.96 bits per heavy atom. The van der Waals surface area contributed by atoms with E-state index in [1.165, 1.54) is 69.4 Å². The van der Waals surface area contributed by atoms with Crippen LogP contribution in [0, 0.1) is 0 Å². The Bertz CT molecular complexity index is 499. The third-order valence-electron chi connectivity index (χ3n) is 5.25. The summed E-state index contributed by atoms with van der Waals surface area (Å²) in [5.41, 5.74) is 2.70. The van der Waals surface area contributed by atoms with Gasteiger partial charge in [0.15, 0.2) is 0 Å². The summed E-state index contributed by atoms with van der Waals surface area (Å²) in [5, 5.41) is 4.64. The number of benzene rings is 1. The number of nitrogens with zero attached hydrogens (tertiary/aromatic N) is 2. The van der Waals surface area contributed by atoms with Gasteiger partial charge in [0.25, 0.3) is 0 Å². The van der Waals surface area contributed by atoms with Crippen molar-refractivity contribution in [2.45, 2.75) is 44.6 Å². The largest absolute Gasteiger partial charge is 0.374 e. The second-order valence-electron chi connectivity index (χ2n) is 7.03. The number of hydrogen-bond donors (Lipinski definition) is 1. The monoisotopic (exact) mass is 335 g/mol. The molecular formula is C19H30ClN3. The molecule has 3 nitrogen and oxygen atoms in total. The molecule has 2 aliphatic rings. The van der Waals surface area contributed by atoms with Gasteiger partial charge in [-0.05, 0) is 82.0 Å². The van der Waals surface area contributed by atoms with Gasteiger partial charge in [-0.1, -0.05) is 18.0 Å². The zero-order chi connectivity index (χ0) is 16.1. The van der Waals surface area contributed by atoms with E-state index in [-0.39, 0.29) is 0 Å². The fourth-order valence-electron chi connectivity index (χ4n) is 3.93. The Balaban J connectivity index is 1.54. The lowest BCUT2D eigenvalue weighted by atomic mass is 10.0. The second kappa shape index (κ2) is 8.36. The fourth-order valence-corrected chi connectivity index (χ4v) is 4.12. The number of anilines is 1. The highest BCUT2D eigenvalue weighted by Crippen LogP contribution is 2.34. The molecule has 0 amide bonds. The van der Waals surface area contributed by atoms with Gasteiger partial charge in [-0.3, -0.25) is 0 Å². The Kier molecular flexibility index (Phi) is 6.21. The van der Waals surface area contributed by atoms with Crippen LogP contribution in [0.1, 0.15) is 50.1 Å². The molecule has 0 bridgehead atoms. The lowest BCUT2D eigenvalue weighted by molar-refractivity contribution is 0.224. The molecule has 0 spiro atoms. The predicted molar refractivity (Wildman–Crippen MR) is 99.6 cm³/mol. The van der Waals surface area contributed by atoms with Crippen LogP contribution >= 0.6 is 11.6 Å². The summed E-state index contributed by atoms with van der Waals surface area (Å²) in [6.45, 7) is 6.05. The van der Waals surface area contributed by atoms with E-state index in [4.69, 9.17) is 11.6 Å². The molecule has 4 heteroatoms. The van der Waals surface area contributed by atoms with E-state index in [9.17, 15) is 0 Å². The summed E-state index contributed by atoms with van der Waals surface area (Å²) in [6.07, 6.45) is 7.85. The minimum Gasteiger partial charge on any atom is -0.374 e. The smallest absolute Gasteiger partial charge is 0.0413 e. The van der Waals surface area contributed by atoms with Crippen molar-refractivity contribution in [3.63, 3.8) is 0 Å². The quantitative estimate of drug-likeness (QED) is 0.818. The Morgan fingerprint density at radius 3 is 2.78 bits per heavy atom. The Hall–Kier alpha value is -0.770. The van der Waals surface area contributed by atoms with Crippen LogP contribution in [0.15, 0.2) is 18.2 Å². The van der Waals surface area contributed by atoms with Crippen LogP contribution in [0.25, 0.3) is 0 Å². The van der Waals surface area contributed by atoms with Crippen LogP contribution in [0.4, 0.5) is 5.69 Å². The molecule has 1 atom stereocenters. The van der Waals surface area contributed by atoms with E-state index in [0.29, 0.717) is 6.04 Å². The van der Waals surface area contributed by atoms with Gasteiger partial charge in [-0.25, -0.2) is 0 Å². The number of hydrogen-bond acceptors (Lipinski definition) is 3. The molecular weight excluding hydrogens is 306 g/mol. The van der Waals surface area contributed by atoms with Gasteiger partial charge in [-0.2, -0.15) is 0 Å². The number of likely N-dealkylation sites (tertiary alicyclic amines) is 1. The number of fused-ring (bicyclic) bond motifs is 1. The van der Waals surface area contributed by atoms with Crippen LogP contribution in [0.5, 0.6) is 0 Å². The number of rotatable bonds is 5. The van der Waals surface area contributed by atoms with E-state index in [1.807, 2.05) is 6.07 Å². The molecule has 1 aromatic rings. The highest BCUT2D eigenvalue weighted by molar-refractivity contribution is 6.30. The van der Waals surface area contributed by atoms with Gasteiger partial charge in [0.2, 0.25) is 0 Å². The molecule has 0 saturated carbocycles. The second-order valence-corrected chi connectivity index (χ2v) is 7.47. The maximum atomic E-state index is 6.25. The van der Waals surface area contributed by atoms with Gasteiger partial charge >= 0.3 is 0 Å². The van der Waals surface area contributed by atoms with Crippen LogP contribution in [0.2, 0.25) is 5.02 Å². The van der Waals surface area contributed by atoms with Gasteiger partial charge in [0.1, 0.15) is 0 Å². The SMILES string of the molecule is CN1CCCC(NCCCN2CCCCC2)c2cc(Cl)ccc21. The molecule has 2 heterocycles. The summed E-state index contributed by atoms with van der Waals surface area (Å²) in [4.78, 5) is 4.98. The number of halogens is 1. The van der Waals surface area contributed by atoms with E-state index >= 15 is 0 Å². The standard InChI is InChI=1S/C19H30ClN3/c1-22-11-5-7-18(17-15-16(20)8-9-19(17)22)21-10-6-14-23-12-3-2-4-13-23/h8-9,15,18,21H,2-7,10-14H2,1H3. The molecule has 1 saturated heterocycles. The molecule has 23 heavy (non-hydrogen) atoms. The van der Waals surface area contributed by atoms with Crippen LogP contribution < -0.4 is 10.2 Å². The van der Waals surface area contributed by atoms with Gasteiger partial charge in [0.05, 0.1) is 0 Å². The Morgan fingerprint density at radius 1 is 1.13 bits per heavy atom. The van der Waals surface area contributed by atoms with Gasteiger partial charge in [-0.15, -0.1) is 0 Å². The molecule has 3 rings (SSSR count). The molecule has 0 radical (unpaired) electrons. The normalized spacial score (nSPS) is 22.7. The van der Waals surface area contributed by atoms with Crippen molar-refractivity contribution in [1.29, 1.82) is 0 Å². The molecule has 1 N–H and O–H groups in total. The van der Waals surface area contributed by atoms with Gasteiger partial charge < -0.3 is 15.1 Å². The summed E-state index contributed by atoms with van der Waals surface area (Å²) >= 11 is 6.25. The first-order valence-corrected chi connectivity index (χ1v) is 9.58. The van der Waals surface area contributed by atoms with Crippen LogP contribution in [-0.2, 0) is 0 Å². The van der Waals surface area contributed by atoms with E-state index in [2.05, 4.69) is 34.3 Å². The van der Waals surface area contributed by atoms with Gasteiger partial charge in [0, 0.05) is 30.3 Å². The summed E-state index contributed by atoms with van der Waals surface area (Å²) in [5.74, 6) is 0. The summed E-state index contributed by atoms with van der Waals surface area (Å²) < 4.78 is 0. The van der Waals surface area contributed by atoms with Crippen molar-refractivity contribution in [3.05, 3.63) is 28.8 Å². The first kappa shape index (κ1) is 17.1. The molecule has 128 valence electrons. The third kappa shape index (κ3) is 4.62. The van der Waals surface area contributed by atoms with E-state index < -0.39 is 0 Å². The highest BCUT2D eigenvalue weighted by Gasteiger charge is 2.21. The molecule has 0 aliphatic carbocycles.